The van der Waals surface area contributed by atoms with E-state index in [0.29, 0.717) is 22.3 Å². The first-order valence-electron chi connectivity index (χ1n) is 8.41. The maximum atomic E-state index is 14.3. The van der Waals surface area contributed by atoms with Crippen LogP contribution in [0.15, 0.2) is 42.6 Å². The normalized spacial score (nSPS) is 15.8. The van der Waals surface area contributed by atoms with Gasteiger partial charge in [-0.3, -0.25) is 4.40 Å². The molecule has 0 saturated heterocycles. The van der Waals surface area contributed by atoms with Crippen molar-refractivity contribution in [2.75, 3.05) is 5.32 Å². The molecule has 0 bridgehead atoms. The predicted molar refractivity (Wildman–Crippen MR) is 96.1 cm³/mol. The predicted octanol–water partition coefficient (Wildman–Crippen LogP) is 5.54. The summed E-state index contributed by atoms with van der Waals surface area (Å²) >= 11 is 6.17. The molecule has 0 atom stereocenters. The Balaban J connectivity index is 1.85. The van der Waals surface area contributed by atoms with Gasteiger partial charge in [0.05, 0.1) is 5.02 Å². The topological polar surface area (TPSA) is 29.3 Å². The van der Waals surface area contributed by atoms with E-state index in [1.807, 2.05) is 22.7 Å². The van der Waals surface area contributed by atoms with E-state index < -0.39 is 0 Å². The van der Waals surface area contributed by atoms with Crippen molar-refractivity contribution in [3.8, 4) is 11.3 Å². The van der Waals surface area contributed by atoms with Gasteiger partial charge in [0.25, 0.3) is 0 Å². The molecule has 24 heavy (non-hydrogen) atoms. The molecule has 1 N–H and O–H groups in total. The quantitative estimate of drug-likeness (QED) is 0.676. The van der Waals surface area contributed by atoms with Crippen molar-refractivity contribution in [2.45, 2.75) is 38.1 Å². The van der Waals surface area contributed by atoms with Crippen molar-refractivity contribution >= 4 is 23.1 Å². The molecule has 5 heteroatoms. The summed E-state index contributed by atoms with van der Waals surface area (Å²) in [7, 11) is 0. The van der Waals surface area contributed by atoms with Gasteiger partial charge >= 0.3 is 0 Å². The molecule has 2 heterocycles. The smallest absolute Gasteiger partial charge is 0.139 e. The van der Waals surface area contributed by atoms with Gasteiger partial charge in [0.1, 0.15) is 23.0 Å². The highest BCUT2D eigenvalue weighted by atomic mass is 35.5. The van der Waals surface area contributed by atoms with Gasteiger partial charge in [0.2, 0.25) is 0 Å². The minimum atomic E-state index is -0.265. The van der Waals surface area contributed by atoms with Crippen LogP contribution >= 0.6 is 11.6 Å². The molecule has 0 spiro atoms. The summed E-state index contributed by atoms with van der Waals surface area (Å²) in [6, 6.07) is 10.8. The first kappa shape index (κ1) is 15.5. The third kappa shape index (κ3) is 2.86. The molecule has 0 amide bonds. The Morgan fingerprint density at radius 3 is 2.67 bits per heavy atom. The van der Waals surface area contributed by atoms with Crippen LogP contribution < -0.4 is 5.32 Å². The fourth-order valence-corrected chi connectivity index (χ4v) is 3.60. The van der Waals surface area contributed by atoms with E-state index in [1.165, 1.54) is 25.3 Å². The molecule has 3 aromatic rings. The fourth-order valence-electron chi connectivity index (χ4n) is 3.44. The Bertz CT molecular complexity index is 868. The summed E-state index contributed by atoms with van der Waals surface area (Å²) in [6.07, 6.45) is 7.83. The second-order valence-electron chi connectivity index (χ2n) is 6.34. The number of anilines is 1. The van der Waals surface area contributed by atoms with E-state index >= 15 is 0 Å². The fraction of sp³-hybridized carbons (Fsp3) is 0.316. The van der Waals surface area contributed by atoms with E-state index in [4.69, 9.17) is 11.6 Å². The van der Waals surface area contributed by atoms with E-state index in [0.717, 1.165) is 24.3 Å². The highest BCUT2D eigenvalue weighted by Gasteiger charge is 2.21. The number of rotatable bonds is 3. The molecule has 1 fully saturated rings. The minimum absolute atomic E-state index is 0.265. The summed E-state index contributed by atoms with van der Waals surface area (Å²) < 4.78 is 16.3. The molecule has 1 saturated carbocycles. The Kier molecular flexibility index (Phi) is 4.15. The maximum absolute atomic E-state index is 14.3. The van der Waals surface area contributed by atoms with Crippen molar-refractivity contribution in [2.24, 2.45) is 0 Å². The molecule has 0 aliphatic heterocycles. The minimum Gasteiger partial charge on any atom is -0.367 e. The molecule has 1 aliphatic carbocycles. The van der Waals surface area contributed by atoms with Crippen LogP contribution in [0.2, 0.25) is 5.02 Å². The van der Waals surface area contributed by atoms with Crippen molar-refractivity contribution in [1.82, 2.24) is 9.38 Å². The van der Waals surface area contributed by atoms with Gasteiger partial charge in [-0.25, -0.2) is 9.37 Å². The van der Waals surface area contributed by atoms with Crippen molar-refractivity contribution < 1.29 is 4.39 Å². The molecule has 0 radical (unpaired) electrons. The van der Waals surface area contributed by atoms with Crippen LogP contribution in [0.25, 0.3) is 16.9 Å². The number of hydrogen-bond acceptors (Lipinski definition) is 2. The van der Waals surface area contributed by atoms with Gasteiger partial charge in [-0.1, -0.05) is 43.0 Å². The number of halogens is 2. The van der Waals surface area contributed by atoms with E-state index in [2.05, 4.69) is 10.3 Å². The lowest BCUT2D eigenvalue weighted by Crippen LogP contribution is -2.23. The number of pyridine rings is 1. The van der Waals surface area contributed by atoms with Crippen LogP contribution in [0.1, 0.15) is 32.1 Å². The maximum Gasteiger partial charge on any atom is 0.139 e. The summed E-state index contributed by atoms with van der Waals surface area (Å²) in [5, 5.41) is 4.23. The SMILES string of the molecule is Fc1ccccc1-c1nc2ccc(Cl)cn2c1NC1CCCCC1. The van der Waals surface area contributed by atoms with Gasteiger partial charge in [-0.15, -0.1) is 0 Å². The highest BCUT2D eigenvalue weighted by Crippen LogP contribution is 2.33. The summed E-state index contributed by atoms with van der Waals surface area (Å²) in [4.78, 5) is 4.65. The Morgan fingerprint density at radius 2 is 1.88 bits per heavy atom. The van der Waals surface area contributed by atoms with Crippen molar-refractivity contribution in [3.63, 3.8) is 0 Å². The van der Waals surface area contributed by atoms with Gasteiger partial charge in [-0.05, 0) is 37.1 Å². The van der Waals surface area contributed by atoms with Gasteiger partial charge in [-0.2, -0.15) is 0 Å². The average molecular weight is 344 g/mol. The molecule has 1 aliphatic rings. The number of aromatic nitrogens is 2. The summed E-state index contributed by atoms with van der Waals surface area (Å²) in [5.74, 6) is 0.559. The van der Waals surface area contributed by atoms with Crippen LogP contribution in [0.4, 0.5) is 10.2 Å². The Labute approximate surface area is 145 Å². The molecular weight excluding hydrogens is 325 g/mol. The number of nitrogens with one attached hydrogen (secondary N) is 1. The molecule has 0 unspecified atom stereocenters. The van der Waals surface area contributed by atoms with Crippen molar-refractivity contribution in [3.05, 3.63) is 53.4 Å². The van der Waals surface area contributed by atoms with Crippen LogP contribution in [-0.4, -0.2) is 15.4 Å². The summed E-state index contributed by atoms with van der Waals surface area (Å²) in [6.45, 7) is 0. The third-order valence-electron chi connectivity index (χ3n) is 4.66. The van der Waals surface area contributed by atoms with E-state index in [1.54, 1.807) is 18.2 Å². The first-order chi connectivity index (χ1) is 11.7. The summed E-state index contributed by atoms with van der Waals surface area (Å²) in [5.41, 5.74) is 1.91. The second-order valence-corrected chi connectivity index (χ2v) is 6.78. The monoisotopic (exact) mass is 343 g/mol. The lowest BCUT2D eigenvalue weighted by molar-refractivity contribution is 0.461. The third-order valence-corrected chi connectivity index (χ3v) is 4.88. The largest absolute Gasteiger partial charge is 0.367 e. The standard InChI is InChI=1S/C19H19ClFN3/c20-13-10-11-17-23-18(15-8-4-5-9-16(15)21)19(24(17)12-13)22-14-6-2-1-3-7-14/h4-5,8-12,14,22H,1-3,6-7H2. The molecule has 2 aromatic heterocycles. The van der Waals surface area contributed by atoms with E-state index in [9.17, 15) is 4.39 Å². The molecule has 3 nitrogen and oxygen atoms in total. The zero-order valence-corrected chi connectivity index (χ0v) is 14.1. The lowest BCUT2D eigenvalue weighted by Gasteiger charge is -2.24. The molecule has 1 aromatic carbocycles. The second kappa shape index (κ2) is 6.44. The van der Waals surface area contributed by atoms with E-state index in [-0.39, 0.29) is 5.82 Å². The van der Waals surface area contributed by atoms with Gasteiger partial charge in [0, 0.05) is 17.8 Å². The number of fused-ring (bicyclic) bond motifs is 1. The number of benzene rings is 1. The Morgan fingerprint density at radius 1 is 1.08 bits per heavy atom. The number of nitrogens with zero attached hydrogens (tertiary/aromatic N) is 2. The number of imidazole rings is 1. The van der Waals surface area contributed by atoms with Crippen LogP contribution in [-0.2, 0) is 0 Å². The van der Waals surface area contributed by atoms with Crippen molar-refractivity contribution in [1.29, 1.82) is 0 Å². The van der Waals surface area contributed by atoms with Crippen LogP contribution in [0.3, 0.4) is 0 Å². The highest BCUT2D eigenvalue weighted by molar-refractivity contribution is 6.30. The zero-order valence-electron chi connectivity index (χ0n) is 13.3. The van der Waals surface area contributed by atoms with Crippen LogP contribution in [0.5, 0.6) is 0 Å². The molecule has 4 rings (SSSR count). The zero-order chi connectivity index (χ0) is 16.5. The lowest BCUT2D eigenvalue weighted by atomic mass is 9.95. The Hall–Kier alpha value is -2.07. The first-order valence-corrected chi connectivity index (χ1v) is 8.79. The van der Waals surface area contributed by atoms with Crippen LogP contribution in [0, 0.1) is 5.82 Å². The van der Waals surface area contributed by atoms with Gasteiger partial charge < -0.3 is 5.32 Å². The van der Waals surface area contributed by atoms with Gasteiger partial charge in [0.15, 0.2) is 0 Å². The molecule has 124 valence electrons. The number of hydrogen-bond donors (Lipinski definition) is 1. The average Bonchev–Trinajstić information content (AvgIpc) is 2.94. The molecular formula is C19H19ClFN3.